The molecule has 2 aromatic rings. The fraction of sp³-hybridized carbons (Fsp3) is 0.179. The highest BCUT2D eigenvalue weighted by molar-refractivity contribution is 5.97. The van der Waals surface area contributed by atoms with E-state index in [0.717, 1.165) is 52.2 Å². The summed E-state index contributed by atoms with van der Waals surface area (Å²) in [6, 6.07) is 16.4. The minimum absolute atomic E-state index is 0.176. The normalized spacial score (nSPS) is 15.1. The van der Waals surface area contributed by atoms with Crippen molar-refractivity contribution in [3.05, 3.63) is 110 Å². The van der Waals surface area contributed by atoms with Crippen LogP contribution in [0.15, 0.2) is 109 Å². The lowest BCUT2D eigenvalue weighted by molar-refractivity contribution is 0.822. The Labute approximate surface area is 191 Å². The molecule has 32 heavy (non-hydrogen) atoms. The first-order valence-corrected chi connectivity index (χ1v) is 10.7. The SMILES string of the molecule is C=C(/C=C\C=C/N)CNC(=C)c1c(/N=C(\C)C2(C(=C)N)CC2)cccc1-c1ccccc1. The van der Waals surface area contributed by atoms with Crippen LogP contribution in [0.25, 0.3) is 16.8 Å². The van der Waals surface area contributed by atoms with E-state index in [9.17, 15) is 0 Å². The summed E-state index contributed by atoms with van der Waals surface area (Å²) < 4.78 is 0. The molecule has 5 N–H and O–H groups in total. The van der Waals surface area contributed by atoms with Crippen molar-refractivity contribution in [1.82, 2.24) is 5.32 Å². The van der Waals surface area contributed by atoms with Gasteiger partial charge in [-0.05, 0) is 54.8 Å². The van der Waals surface area contributed by atoms with Crippen molar-refractivity contribution in [2.75, 3.05) is 6.54 Å². The molecule has 0 radical (unpaired) electrons. The van der Waals surface area contributed by atoms with Crippen LogP contribution in [0.1, 0.15) is 25.3 Å². The minimum Gasteiger partial charge on any atom is -0.405 e. The van der Waals surface area contributed by atoms with E-state index in [1.54, 1.807) is 6.08 Å². The standard InChI is InChI=1S/C28H32N4/c1-20(11-8-9-18-29)19-31-21(2)27-25(24-12-6-5-7-13-24)14-10-15-26(27)32-23(4)28(16-17-28)22(3)30/h5-15,18,31H,1-3,16-17,19,29-30H2,4H3/b11-8-,18-9-,32-23+. The number of aliphatic imine (C=N–C) groups is 1. The Balaban J connectivity index is 1.99. The third-order valence-corrected chi connectivity index (χ3v) is 5.86. The van der Waals surface area contributed by atoms with Gasteiger partial charge < -0.3 is 16.8 Å². The lowest BCUT2D eigenvalue weighted by Crippen LogP contribution is -2.20. The number of nitrogens with zero attached hydrogens (tertiary/aromatic N) is 1. The number of benzene rings is 2. The number of rotatable bonds is 10. The van der Waals surface area contributed by atoms with Crippen LogP contribution in [0.3, 0.4) is 0 Å². The van der Waals surface area contributed by atoms with Crippen molar-refractivity contribution >= 4 is 17.1 Å². The minimum atomic E-state index is -0.176. The number of hydrogen-bond acceptors (Lipinski definition) is 4. The molecule has 4 nitrogen and oxygen atoms in total. The molecule has 0 bridgehead atoms. The Morgan fingerprint density at radius 2 is 1.78 bits per heavy atom. The maximum atomic E-state index is 6.10. The first-order valence-electron chi connectivity index (χ1n) is 10.7. The van der Waals surface area contributed by atoms with Crippen molar-refractivity contribution in [2.45, 2.75) is 19.8 Å². The smallest absolute Gasteiger partial charge is 0.0728 e. The van der Waals surface area contributed by atoms with Gasteiger partial charge in [0.25, 0.3) is 0 Å². The van der Waals surface area contributed by atoms with Gasteiger partial charge in [-0.2, -0.15) is 0 Å². The Morgan fingerprint density at radius 1 is 1.06 bits per heavy atom. The Hall–Kier alpha value is -3.79. The topological polar surface area (TPSA) is 76.4 Å². The van der Waals surface area contributed by atoms with Gasteiger partial charge in [0.2, 0.25) is 0 Å². The molecule has 4 heteroatoms. The lowest BCUT2D eigenvalue weighted by atomic mass is 9.95. The second kappa shape index (κ2) is 10.0. The van der Waals surface area contributed by atoms with E-state index in [-0.39, 0.29) is 5.41 Å². The fourth-order valence-electron chi connectivity index (χ4n) is 3.76. The summed E-state index contributed by atoms with van der Waals surface area (Å²) in [4.78, 5) is 5.02. The molecule has 1 saturated carbocycles. The monoisotopic (exact) mass is 424 g/mol. The fourth-order valence-corrected chi connectivity index (χ4v) is 3.76. The quantitative estimate of drug-likeness (QED) is 0.331. The van der Waals surface area contributed by atoms with Gasteiger partial charge in [-0.15, -0.1) is 0 Å². The van der Waals surface area contributed by atoms with Gasteiger partial charge in [0, 0.05) is 34.6 Å². The van der Waals surface area contributed by atoms with E-state index >= 15 is 0 Å². The largest absolute Gasteiger partial charge is 0.405 e. The predicted octanol–water partition coefficient (Wildman–Crippen LogP) is 5.84. The van der Waals surface area contributed by atoms with Crippen LogP contribution in [0.5, 0.6) is 0 Å². The zero-order valence-corrected chi connectivity index (χ0v) is 18.8. The Bertz CT molecular complexity index is 1100. The number of hydrogen-bond donors (Lipinski definition) is 3. The molecule has 0 unspecified atom stereocenters. The molecule has 1 aliphatic carbocycles. The van der Waals surface area contributed by atoms with Crippen LogP contribution in [0.4, 0.5) is 5.69 Å². The second-order valence-corrected chi connectivity index (χ2v) is 8.10. The zero-order valence-electron chi connectivity index (χ0n) is 18.8. The highest BCUT2D eigenvalue weighted by Gasteiger charge is 2.47. The van der Waals surface area contributed by atoms with Crippen molar-refractivity contribution < 1.29 is 0 Å². The van der Waals surface area contributed by atoms with Crippen LogP contribution in [-0.2, 0) is 0 Å². The molecular formula is C28H32N4. The average molecular weight is 425 g/mol. The molecule has 1 fully saturated rings. The summed E-state index contributed by atoms with van der Waals surface area (Å²) in [6.45, 7) is 15.0. The third kappa shape index (κ3) is 5.09. The average Bonchev–Trinajstić information content (AvgIpc) is 3.60. The van der Waals surface area contributed by atoms with Crippen molar-refractivity contribution in [2.24, 2.45) is 21.9 Å². The van der Waals surface area contributed by atoms with Crippen molar-refractivity contribution in [1.29, 1.82) is 0 Å². The molecule has 164 valence electrons. The van der Waals surface area contributed by atoms with Gasteiger partial charge in [-0.25, -0.2) is 0 Å². The Kier molecular flexibility index (Phi) is 7.16. The van der Waals surface area contributed by atoms with E-state index in [4.69, 9.17) is 16.5 Å². The van der Waals surface area contributed by atoms with Gasteiger partial charge in [0.05, 0.1) is 5.69 Å². The molecule has 0 atom stereocenters. The summed E-state index contributed by atoms with van der Waals surface area (Å²) in [5, 5.41) is 3.41. The summed E-state index contributed by atoms with van der Waals surface area (Å²) in [5.74, 6) is 0. The van der Waals surface area contributed by atoms with Crippen molar-refractivity contribution in [3.8, 4) is 11.1 Å². The summed E-state index contributed by atoms with van der Waals surface area (Å²) in [6.07, 6.45) is 9.01. The first kappa shape index (κ1) is 22.9. The second-order valence-electron chi connectivity index (χ2n) is 8.10. The van der Waals surface area contributed by atoms with Gasteiger partial charge in [-0.3, -0.25) is 4.99 Å². The molecule has 0 amide bonds. The van der Waals surface area contributed by atoms with Crippen LogP contribution < -0.4 is 16.8 Å². The van der Waals surface area contributed by atoms with Crippen LogP contribution in [0.2, 0.25) is 0 Å². The molecule has 0 saturated heterocycles. The van der Waals surface area contributed by atoms with Crippen molar-refractivity contribution in [3.63, 3.8) is 0 Å². The van der Waals surface area contributed by atoms with E-state index in [2.05, 4.69) is 43.3 Å². The highest BCUT2D eigenvalue weighted by Crippen LogP contribution is 2.51. The summed E-state index contributed by atoms with van der Waals surface area (Å²) in [7, 11) is 0. The van der Waals surface area contributed by atoms with E-state index in [1.165, 1.54) is 6.20 Å². The van der Waals surface area contributed by atoms with Gasteiger partial charge >= 0.3 is 0 Å². The number of allylic oxidation sites excluding steroid dienone is 3. The maximum absolute atomic E-state index is 6.10. The molecule has 0 spiro atoms. The predicted molar refractivity (Wildman–Crippen MR) is 138 cm³/mol. The lowest BCUT2D eigenvalue weighted by Gasteiger charge is -2.19. The zero-order chi connectivity index (χ0) is 23.1. The highest BCUT2D eigenvalue weighted by atomic mass is 14.9. The van der Waals surface area contributed by atoms with E-state index in [1.807, 2.05) is 49.4 Å². The molecule has 0 aliphatic heterocycles. The molecule has 3 rings (SSSR count). The molecule has 0 aromatic heterocycles. The van der Waals surface area contributed by atoms with E-state index < -0.39 is 0 Å². The van der Waals surface area contributed by atoms with Gasteiger partial charge in [-0.1, -0.05) is 74.4 Å². The molecular weight excluding hydrogens is 392 g/mol. The van der Waals surface area contributed by atoms with E-state index in [0.29, 0.717) is 12.2 Å². The molecule has 1 aliphatic rings. The maximum Gasteiger partial charge on any atom is 0.0728 e. The van der Waals surface area contributed by atoms with Crippen LogP contribution in [0, 0.1) is 5.41 Å². The van der Waals surface area contributed by atoms with Crippen LogP contribution >= 0.6 is 0 Å². The first-order chi connectivity index (χ1) is 15.4. The molecule has 2 aromatic carbocycles. The summed E-state index contributed by atoms with van der Waals surface area (Å²) in [5.41, 5.74) is 18.7. The van der Waals surface area contributed by atoms with Gasteiger partial charge in [0.1, 0.15) is 0 Å². The number of nitrogens with two attached hydrogens (primary N) is 2. The number of nitrogens with one attached hydrogen (secondary N) is 1. The van der Waals surface area contributed by atoms with Crippen LogP contribution in [-0.4, -0.2) is 12.3 Å². The van der Waals surface area contributed by atoms with Gasteiger partial charge in [0.15, 0.2) is 0 Å². The Morgan fingerprint density at radius 3 is 2.41 bits per heavy atom. The molecule has 0 heterocycles. The summed E-state index contributed by atoms with van der Waals surface area (Å²) >= 11 is 0. The third-order valence-electron chi connectivity index (χ3n) is 5.86.